The van der Waals surface area contributed by atoms with Gasteiger partial charge >= 0.3 is 0 Å². The number of sulfone groups is 1. The second kappa shape index (κ2) is 4.93. The Balaban J connectivity index is 1.94. The van der Waals surface area contributed by atoms with Crippen LogP contribution >= 0.6 is 27.5 Å². The van der Waals surface area contributed by atoms with Gasteiger partial charge in [0, 0.05) is 21.8 Å². The Morgan fingerprint density at radius 1 is 1.42 bits per heavy atom. The van der Waals surface area contributed by atoms with Crippen molar-refractivity contribution in [3.05, 3.63) is 28.3 Å². The van der Waals surface area contributed by atoms with Crippen LogP contribution in [0.15, 0.2) is 12.1 Å². The molecule has 0 bridgehead atoms. The molecule has 104 valence electrons. The van der Waals surface area contributed by atoms with E-state index in [1.807, 2.05) is 12.1 Å². The van der Waals surface area contributed by atoms with E-state index in [-0.39, 0.29) is 22.3 Å². The van der Waals surface area contributed by atoms with Crippen molar-refractivity contribution in [2.45, 2.75) is 17.7 Å². The van der Waals surface area contributed by atoms with Crippen LogP contribution in [0.25, 0.3) is 0 Å². The molecule has 2 atom stereocenters. The SMILES string of the molecule is O=S1(=O)CCC(C(Br)c2cc(Cl)cc3c2OCC3)C1. The third kappa shape index (κ3) is 2.65. The average Bonchev–Trinajstić information content (AvgIpc) is 2.93. The summed E-state index contributed by atoms with van der Waals surface area (Å²) in [5.41, 5.74) is 2.11. The summed E-state index contributed by atoms with van der Waals surface area (Å²) in [6.45, 7) is 0.672. The van der Waals surface area contributed by atoms with Gasteiger partial charge in [-0.1, -0.05) is 27.5 Å². The van der Waals surface area contributed by atoms with Gasteiger partial charge in [0.2, 0.25) is 0 Å². The third-order valence-electron chi connectivity index (χ3n) is 3.76. The van der Waals surface area contributed by atoms with Crippen molar-refractivity contribution >= 4 is 37.4 Å². The van der Waals surface area contributed by atoms with Gasteiger partial charge in [-0.15, -0.1) is 0 Å². The molecule has 0 aliphatic carbocycles. The lowest BCUT2D eigenvalue weighted by Crippen LogP contribution is -2.11. The zero-order valence-corrected chi connectivity index (χ0v) is 13.4. The van der Waals surface area contributed by atoms with Gasteiger partial charge in [-0.25, -0.2) is 8.42 Å². The number of rotatable bonds is 2. The molecule has 1 fully saturated rings. The molecule has 1 saturated heterocycles. The van der Waals surface area contributed by atoms with Crippen LogP contribution in [-0.4, -0.2) is 26.5 Å². The minimum atomic E-state index is -2.88. The highest BCUT2D eigenvalue weighted by atomic mass is 79.9. The topological polar surface area (TPSA) is 43.4 Å². The van der Waals surface area contributed by atoms with Crippen LogP contribution in [0.3, 0.4) is 0 Å². The molecule has 1 aromatic carbocycles. The van der Waals surface area contributed by atoms with Crippen LogP contribution in [-0.2, 0) is 16.3 Å². The molecule has 0 saturated carbocycles. The van der Waals surface area contributed by atoms with Gasteiger partial charge < -0.3 is 4.74 Å². The predicted molar refractivity (Wildman–Crippen MR) is 79.1 cm³/mol. The Morgan fingerprint density at radius 2 is 2.21 bits per heavy atom. The van der Waals surface area contributed by atoms with E-state index in [9.17, 15) is 8.42 Å². The van der Waals surface area contributed by atoms with Crippen LogP contribution in [0, 0.1) is 5.92 Å². The van der Waals surface area contributed by atoms with Crippen molar-refractivity contribution in [2.75, 3.05) is 18.1 Å². The fraction of sp³-hybridized carbons (Fsp3) is 0.538. The summed E-state index contributed by atoms with van der Waals surface area (Å²) < 4.78 is 28.9. The molecule has 1 aromatic rings. The molecule has 2 aliphatic rings. The van der Waals surface area contributed by atoms with Crippen molar-refractivity contribution < 1.29 is 13.2 Å². The Bertz CT molecular complexity index is 615. The van der Waals surface area contributed by atoms with E-state index < -0.39 is 9.84 Å². The number of hydrogen-bond donors (Lipinski definition) is 0. The molecule has 0 N–H and O–H groups in total. The minimum Gasteiger partial charge on any atom is -0.493 e. The molecular formula is C13H14BrClO3S. The lowest BCUT2D eigenvalue weighted by Gasteiger charge is -2.19. The first-order valence-corrected chi connectivity index (χ1v) is 9.37. The smallest absolute Gasteiger partial charge is 0.150 e. The Labute approximate surface area is 126 Å². The highest BCUT2D eigenvalue weighted by Gasteiger charge is 2.35. The van der Waals surface area contributed by atoms with E-state index in [0.717, 1.165) is 23.3 Å². The van der Waals surface area contributed by atoms with Crippen LogP contribution in [0.2, 0.25) is 5.02 Å². The number of benzene rings is 1. The second-order valence-corrected chi connectivity index (χ2v) is 8.80. The van der Waals surface area contributed by atoms with E-state index in [0.29, 0.717) is 18.1 Å². The summed E-state index contributed by atoms with van der Waals surface area (Å²) in [5, 5.41) is 0.685. The van der Waals surface area contributed by atoms with Crippen molar-refractivity contribution in [1.82, 2.24) is 0 Å². The van der Waals surface area contributed by atoms with Crippen molar-refractivity contribution in [1.29, 1.82) is 0 Å². The van der Waals surface area contributed by atoms with Crippen molar-refractivity contribution in [3.63, 3.8) is 0 Å². The van der Waals surface area contributed by atoms with E-state index in [1.165, 1.54) is 0 Å². The van der Waals surface area contributed by atoms with Crippen LogP contribution in [0.1, 0.15) is 22.4 Å². The van der Waals surface area contributed by atoms with Crippen LogP contribution < -0.4 is 4.74 Å². The van der Waals surface area contributed by atoms with Gasteiger partial charge in [0.15, 0.2) is 9.84 Å². The fourth-order valence-electron chi connectivity index (χ4n) is 2.81. The standard InChI is InChI=1S/C13H14BrClO3S/c14-12(9-2-4-19(16,17)7-9)11-6-10(15)5-8-1-3-18-13(8)11/h5-6,9,12H,1-4,7H2. The molecular weight excluding hydrogens is 352 g/mol. The predicted octanol–water partition coefficient (Wildman–Crippen LogP) is 3.15. The molecule has 3 rings (SSSR count). The second-order valence-electron chi connectivity index (χ2n) is 5.15. The summed E-state index contributed by atoms with van der Waals surface area (Å²) in [4.78, 5) is -0.0182. The molecule has 0 radical (unpaired) electrons. The minimum absolute atomic E-state index is 0.0182. The Hall–Kier alpha value is -0.260. The fourth-order valence-corrected chi connectivity index (χ4v) is 5.94. The molecule has 0 amide bonds. The van der Waals surface area contributed by atoms with E-state index in [1.54, 1.807) is 0 Å². The molecule has 2 aliphatic heterocycles. The molecule has 19 heavy (non-hydrogen) atoms. The Morgan fingerprint density at radius 3 is 2.89 bits per heavy atom. The van der Waals surface area contributed by atoms with Crippen molar-refractivity contribution in [2.24, 2.45) is 5.92 Å². The van der Waals surface area contributed by atoms with Crippen LogP contribution in [0.4, 0.5) is 0 Å². The first-order chi connectivity index (χ1) is 8.96. The normalized spacial score (nSPS) is 25.9. The number of alkyl halides is 1. The summed E-state index contributed by atoms with van der Waals surface area (Å²) in [6.07, 6.45) is 1.56. The summed E-state index contributed by atoms with van der Waals surface area (Å²) in [7, 11) is -2.88. The zero-order chi connectivity index (χ0) is 13.6. The maximum Gasteiger partial charge on any atom is 0.150 e. The number of fused-ring (bicyclic) bond motifs is 1. The van der Waals surface area contributed by atoms with E-state index in [2.05, 4.69) is 15.9 Å². The maximum absolute atomic E-state index is 11.6. The Kier molecular flexibility index (Phi) is 3.56. The van der Waals surface area contributed by atoms with Gasteiger partial charge in [0.25, 0.3) is 0 Å². The van der Waals surface area contributed by atoms with Gasteiger partial charge in [0.1, 0.15) is 5.75 Å². The van der Waals surface area contributed by atoms with E-state index in [4.69, 9.17) is 16.3 Å². The molecule has 2 heterocycles. The first kappa shape index (κ1) is 13.7. The summed E-state index contributed by atoms with van der Waals surface area (Å²) >= 11 is 9.79. The van der Waals surface area contributed by atoms with E-state index >= 15 is 0 Å². The maximum atomic E-state index is 11.6. The van der Waals surface area contributed by atoms with Gasteiger partial charge in [-0.05, 0) is 30.0 Å². The molecule has 2 unspecified atom stereocenters. The summed E-state index contributed by atoms with van der Waals surface area (Å²) in [5.74, 6) is 1.50. The van der Waals surface area contributed by atoms with Gasteiger partial charge in [-0.2, -0.15) is 0 Å². The number of ether oxygens (including phenoxy) is 1. The zero-order valence-electron chi connectivity index (χ0n) is 10.2. The summed E-state index contributed by atoms with van der Waals surface area (Å²) in [6, 6.07) is 3.81. The van der Waals surface area contributed by atoms with Gasteiger partial charge in [-0.3, -0.25) is 0 Å². The number of halogens is 2. The highest BCUT2D eigenvalue weighted by molar-refractivity contribution is 9.09. The number of hydrogen-bond acceptors (Lipinski definition) is 3. The molecule has 6 heteroatoms. The molecule has 0 spiro atoms. The monoisotopic (exact) mass is 364 g/mol. The molecule has 0 aromatic heterocycles. The average molecular weight is 366 g/mol. The largest absolute Gasteiger partial charge is 0.493 e. The first-order valence-electron chi connectivity index (χ1n) is 6.26. The van der Waals surface area contributed by atoms with Gasteiger partial charge in [0.05, 0.1) is 18.1 Å². The van der Waals surface area contributed by atoms with Crippen molar-refractivity contribution in [3.8, 4) is 5.75 Å². The van der Waals surface area contributed by atoms with Crippen LogP contribution in [0.5, 0.6) is 5.75 Å². The third-order valence-corrected chi connectivity index (χ3v) is 7.01. The highest BCUT2D eigenvalue weighted by Crippen LogP contribution is 2.45. The quantitative estimate of drug-likeness (QED) is 0.756. The lowest BCUT2D eigenvalue weighted by atomic mass is 9.96. The lowest BCUT2D eigenvalue weighted by molar-refractivity contribution is 0.351. The molecule has 3 nitrogen and oxygen atoms in total.